The number of ether oxygens (including phenoxy) is 2. The van der Waals surface area contributed by atoms with E-state index in [1.165, 1.54) is 5.56 Å². The molecule has 0 saturated carbocycles. The van der Waals surface area contributed by atoms with E-state index >= 15 is 0 Å². The summed E-state index contributed by atoms with van der Waals surface area (Å²) in [5.74, 6) is -0.482. The lowest BCUT2D eigenvalue weighted by Gasteiger charge is -2.19. The molecule has 29 heavy (non-hydrogen) atoms. The molecule has 0 radical (unpaired) electrons. The van der Waals surface area contributed by atoms with Gasteiger partial charge in [-0.25, -0.2) is 4.79 Å². The van der Waals surface area contributed by atoms with Gasteiger partial charge in [-0.15, -0.1) is 12.6 Å². The summed E-state index contributed by atoms with van der Waals surface area (Å²) < 4.78 is 10.3. The van der Waals surface area contributed by atoms with Crippen molar-refractivity contribution in [2.75, 3.05) is 6.54 Å². The van der Waals surface area contributed by atoms with Crippen molar-refractivity contribution in [2.24, 2.45) is 0 Å². The maximum absolute atomic E-state index is 11.6. The van der Waals surface area contributed by atoms with Gasteiger partial charge in [0.05, 0.1) is 0 Å². The molecule has 0 fully saturated rings. The van der Waals surface area contributed by atoms with Gasteiger partial charge in [0, 0.05) is 11.3 Å². The molecule has 0 saturated heterocycles. The second-order valence-electron chi connectivity index (χ2n) is 7.68. The first kappa shape index (κ1) is 24.6. The van der Waals surface area contributed by atoms with Crippen molar-refractivity contribution in [2.45, 2.75) is 57.6 Å². The molecule has 0 bridgehead atoms. The first-order chi connectivity index (χ1) is 13.5. The highest BCUT2D eigenvalue weighted by Gasteiger charge is 2.17. The zero-order valence-electron chi connectivity index (χ0n) is 17.8. The van der Waals surface area contributed by atoms with Crippen molar-refractivity contribution in [1.29, 1.82) is 0 Å². The molecule has 1 unspecified atom stereocenters. The van der Waals surface area contributed by atoms with Crippen LogP contribution in [0.15, 0.2) is 59.5 Å². The van der Waals surface area contributed by atoms with E-state index < -0.39 is 17.7 Å². The highest BCUT2D eigenvalue weighted by atomic mass is 32.1. The minimum absolute atomic E-state index is 0.200. The summed E-state index contributed by atoms with van der Waals surface area (Å²) in [7, 11) is 0. The maximum atomic E-state index is 11.6. The van der Waals surface area contributed by atoms with Crippen LogP contribution in [0.4, 0.5) is 4.79 Å². The fourth-order valence-corrected chi connectivity index (χ4v) is 2.41. The first-order valence-corrected chi connectivity index (χ1v) is 9.96. The van der Waals surface area contributed by atoms with Crippen LogP contribution in [0.5, 0.6) is 0 Å². The molecular formula is C23H31NO4S. The Kier molecular flexibility index (Phi) is 10.3. The van der Waals surface area contributed by atoms with Crippen molar-refractivity contribution in [3.63, 3.8) is 0 Å². The van der Waals surface area contributed by atoms with Crippen LogP contribution in [-0.4, -0.2) is 30.3 Å². The maximum Gasteiger partial charge on any atom is 0.408 e. The van der Waals surface area contributed by atoms with E-state index in [-0.39, 0.29) is 12.6 Å². The average molecular weight is 418 g/mol. The topological polar surface area (TPSA) is 64.6 Å². The highest BCUT2D eigenvalue weighted by Crippen LogP contribution is 2.07. The number of rotatable bonds is 5. The van der Waals surface area contributed by atoms with Crippen LogP contribution in [0.25, 0.3) is 0 Å². The van der Waals surface area contributed by atoms with Crippen LogP contribution in [0.2, 0.25) is 0 Å². The highest BCUT2D eigenvalue weighted by molar-refractivity contribution is 7.80. The number of nitrogens with one attached hydrogen (secondary N) is 1. The first-order valence-electron chi connectivity index (χ1n) is 9.51. The number of amides is 1. The molecule has 0 aliphatic heterocycles. The third kappa shape index (κ3) is 12.6. The van der Waals surface area contributed by atoms with Gasteiger partial charge in [0.25, 0.3) is 0 Å². The van der Waals surface area contributed by atoms with Gasteiger partial charge in [-0.2, -0.15) is 0 Å². The van der Waals surface area contributed by atoms with Crippen LogP contribution in [0, 0.1) is 6.92 Å². The number of hydrogen-bond acceptors (Lipinski definition) is 5. The molecule has 2 rings (SSSR count). The SMILES string of the molecule is CC(Cc1ccccc1)OC(=O)CNC(=O)OC(C)(C)C.Cc1ccc(S)cc1. The molecule has 158 valence electrons. The van der Waals surface area contributed by atoms with Crippen LogP contribution < -0.4 is 5.32 Å². The summed E-state index contributed by atoms with van der Waals surface area (Å²) in [6.07, 6.45) is -0.241. The zero-order chi connectivity index (χ0) is 21.9. The van der Waals surface area contributed by atoms with Gasteiger partial charge in [-0.1, -0.05) is 48.0 Å². The Morgan fingerprint density at radius 3 is 2.14 bits per heavy atom. The summed E-state index contributed by atoms with van der Waals surface area (Å²) in [6.45, 7) is 8.95. The molecular weight excluding hydrogens is 386 g/mol. The molecule has 0 heterocycles. The van der Waals surface area contributed by atoms with Crippen molar-refractivity contribution in [1.82, 2.24) is 5.32 Å². The van der Waals surface area contributed by atoms with Crippen LogP contribution in [0.1, 0.15) is 38.8 Å². The van der Waals surface area contributed by atoms with Crippen molar-refractivity contribution >= 4 is 24.7 Å². The Morgan fingerprint density at radius 2 is 1.62 bits per heavy atom. The average Bonchev–Trinajstić information content (AvgIpc) is 2.62. The predicted molar refractivity (Wildman–Crippen MR) is 118 cm³/mol. The number of esters is 1. The zero-order valence-corrected chi connectivity index (χ0v) is 18.7. The van der Waals surface area contributed by atoms with Crippen LogP contribution >= 0.6 is 12.6 Å². The summed E-state index contributed by atoms with van der Waals surface area (Å²) in [6, 6.07) is 17.8. The number of carbonyl (C=O) groups excluding carboxylic acids is 2. The van der Waals surface area contributed by atoms with Crippen LogP contribution in [0.3, 0.4) is 0 Å². The minimum atomic E-state index is -0.629. The molecule has 1 amide bonds. The Balaban J connectivity index is 0.000000436. The van der Waals surface area contributed by atoms with E-state index in [9.17, 15) is 9.59 Å². The fourth-order valence-electron chi connectivity index (χ4n) is 2.26. The summed E-state index contributed by atoms with van der Waals surface area (Å²) in [5, 5.41) is 2.37. The minimum Gasteiger partial charge on any atom is -0.461 e. The standard InChI is InChI=1S/C16H23NO4.C7H8S/c1-12(10-13-8-6-5-7-9-13)20-14(18)11-17-15(19)21-16(2,3)4;1-6-2-4-7(8)5-3-6/h5-9,12H,10-11H2,1-4H3,(H,17,19);2-5,8H,1H3. The lowest BCUT2D eigenvalue weighted by Crippen LogP contribution is -2.36. The number of thiol groups is 1. The molecule has 0 spiro atoms. The van der Waals surface area contributed by atoms with Gasteiger partial charge in [0.15, 0.2) is 0 Å². The van der Waals surface area contributed by atoms with E-state index in [0.717, 1.165) is 10.5 Å². The quantitative estimate of drug-likeness (QED) is 0.533. The van der Waals surface area contributed by atoms with Crippen molar-refractivity contribution in [3.8, 4) is 0 Å². The molecule has 0 aliphatic rings. The predicted octanol–water partition coefficient (Wildman–Crippen LogP) is 4.97. The van der Waals surface area contributed by atoms with Crippen molar-refractivity contribution < 1.29 is 19.1 Å². The Bertz CT molecular complexity index is 734. The van der Waals surface area contributed by atoms with Crippen LogP contribution in [-0.2, 0) is 20.7 Å². The Hall–Kier alpha value is -2.47. The Morgan fingerprint density at radius 1 is 1.03 bits per heavy atom. The van der Waals surface area contributed by atoms with E-state index in [0.29, 0.717) is 6.42 Å². The summed E-state index contributed by atoms with van der Waals surface area (Å²) >= 11 is 4.13. The van der Waals surface area contributed by atoms with Crippen molar-refractivity contribution in [3.05, 3.63) is 65.7 Å². The molecule has 5 nitrogen and oxygen atoms in total. The Labute approximate surface area is 179 Å². The van der Waals surface area contributed by atoms with Gasteiger partial charge in [-0.05, 0) is 52.3 Å². The third-order valence-corrected chi connectivity index (χ3v) is 3.81. The summed E-state index contributed by atoms with van der Waals surface area (Å²) in [4.78, 5) is 24.0. The number of aryl methyl sites for hydroxylation is 1. The number of alkyl carbamates (subject to hydrolysis) is 1. The number of carbonyl (C=O) groups is 2. The molecule has 1 N–H and O–H groups in total. The van der Waals surface area contributed by atoms with E-state index in [1.54, 1.807) is 20.8 Å². The largest absolute Gasteiger partial charge is 0.461 e. The van der Waals surface area contributed by atoms with Gasteiger partial charge in [-0.3, -0.25) is 4.79 Å². The lowest BCUT2D eigenvalue weighted by molar-refractivity contribution is -0.147. The van der Waals surface area contributed by atoms with E-state index in [2.05, 4.69) is 24.9 Å². The van der Waals surface area contributed by atoms with Gasteiger partial charge in [0.2, 0.25) is 0 Å². The second-order valence-corrected chi connectivity index (χ2v) is 8.20. The van der Waals surface area contributed by atoms with E-state index in [4.69, 9.17) is 9.47 Å². The van der Waals surface area contributed by atoms with Gasteiger partial charge < -0.3 is 14.8 Å². The monoisotopic (exact) mass is 417 g/mol. The molecule has 6 heteroatoms. The number of hydrogen-bond donors (Lipinski definition) is 2. The molecule has 0 aliphatic carbocycles. The normalized spacial score (nSPS) is 11.5. The third-order valence-electron chi connectivity index (χ3n) is 3.51. The molecule has 1 atom stereocenters. The molecule has 2 aromatic carbocycles. The summed E-state index contributed by atoms with van der Waals surface area (Å²) in [5.41, 5.74) is 1.79. The second kappa shape index (κ2) is 12.2. The number of benzene rings is 2. The van der Waals surface area contributed by atoms with E-state index in [1.807, 2.05) is 61.5 Å². The molecule has 0 aromatic heterocycles. The fraction of sp³-hybridized carbons (Fsp3) is 0.391. The molecule has 2 aromatic rings. The lowest BCUT2D eigenvalue weighted by atomic mass is 10.1. The smallest absolute Gasteiger partial charge is 0.408 e. The van der Waals surface area contributed by atoms with Gasteiger partial charge in [0.1, 0.15) is 18.2 Å². The van der Waals surface area contributed by atoms with Gasteiger partial charge >= 0.3 is 12.1 Å².